The van der Waals surface area contributed by atoms with E-state index < -0.39 is 0 Å². The van der Waals surface area contributed by atoms with Crippen molar-refractivity contribution in [3.05, 3.63) is 59.9 Å². The normalized spacial score (nSPS) is 15.5. The molecule has 2 N–H and O–H groups in total. The van der Waals surface area contributed by atoms with E-state index in [0.29, 0.717) is 30.0 Å². The molecular formula is C27H36N4O3. The van der Waals surface area contributed by atoms with Gasteiger partial charge in [-0.05, 0) is 51.4 Å². The standard InChI is InChI=1S/C27H36N4O3/c1-5-31(6-2)14-13-28-26(32)16-20-9-7-11-22(15-20)25-18-24(30-34-25)21-10-8-12-23(17-21)27(33)29-19(3)4/h7-8,10-12,15,17-20H,5-6,9,13-14,16H2,1-4H3,(H,28,32)(H,29,33). The van der Waals surface area contributed by atoms with Crippen LogP contribution in [0.1, 0.15) is 56.7 Å². The summed E-state index contributed by atoms with van der Waals surface area (Å²) < 4.78 is 5.62. The van der Waals surface area contributed by atoms with Gasteiger partial charge in [-0.25, -0.2) is 0 Å². The van der Waals surface area contributed by atoms with E-state index in [1.807, 2.05) is 44.2 Å². The lowest BCUT2D eigenvalue weighted by Crippen LogP contribution is -2.35. The molecule has 0 spiro atoms. The SMILES string of the molecule is CCN(CC)CCNC(=O)CC1C=C(c2cc(-c3cccc(C(=O)NC(C)C)c3)no2)C=CC1. The van der Waals surface area contributed by atoms with Gasteiger partial charge in [0.1, 0.15) is 5.69 Å². The minimum absolute atomic E-state index is 0.0669. The number of nitrogens with one attached hydrogen (secondary N) is 2. The van der Waals surface area contributed by atoms with Gasteiger partial charge in [0.25, 0.3) is 5.91 Å². The first kappa shape index (κ1) is 25.4. The molecule has 182 valence electrons. The Morgan fingerprint density at radius 1 is 1.21 bits per heavy atom. The van der Waals surface area contributed by atoms with Crippen LogP contribution in [0.25, 0.3) is 16.8 Å². The van der Waals surface area contributed by atoms with E-state index in [4.69, 9.17) is 4.52 Å². The fourth-order valence-corrected chi connectivity index (χ4v) is 3.97. The van der Waals surface area contributed by atoms with Crippen molar-refractivity contribution in [3.63, 3.8) is 0 Å². The predicted molar refractivity (Wildman–Crippen MR) is 135 cm³/mol. The molecule has 1 atom stereocenters. The van der Waals surface area contributed by atoms with Gasteiger partial charge in [-0.3, -0.25) is 9.59 Å². The summed E-state index contributed by atoms with van der Waals surface area (Å²) in [5.74, 6) is 0.717. The second-order valence-corrected chi connectivity index (χ2v) is 8.89. The van der Waals surface area contributed by atoms with Gasteiger partial charge in [0.2, 0.25) is 5.91 Å². The van der Waals surface area contributed by atoms with E-state index in [-0.39, 0.29) is 23.8 Å². The monoisotopic (exact) mass is 464 g/mol. The van der Waals surface area contributed by atoms with Crippen molar-refractivity contribution >= 4 is 17.4 Å². The van der Waals surface area contributed by atoms with E-state index in [0.717, 1.165) is 37.2 Å². The van der Waals surface area contributed by atoms with E-state index in [1.54, 1.807) is 6.07 Å². The van der Waals surface area contributed by atoms with E-state index in [9.17, 15) is 9.59 Å². The Hall–Kier alpha value is -3.19. The van der Waals surface area contributed by atoms with Gasteiger partial charge in [0, 0.05) is 48.3 Å². The number of allylic oxidation sites excluding steroid dienone is 4. The van der Waals surface area contributed by atoms with Crippen LogP contribution in [0.2, 0.25) is 0 Å². The molecule has 1 aromatic heterocycles. The molecule has 7 heteroatoms. The summed E-state index contributed by atoms with van der Waals surface area (Å²) in [6.45, 7) is 11.6. The van der Waals surface area contributed by atoms with E-state index in [1.165, 1.54) is 0 Å². The van der Waals surface area contributed by atoms with Crippen molar-refractivity contribution in [2.45, 2.75) is 46.6 Å². The van der Waals surface area contributed by atoms with Crippen LogP contribution in [0.15, 0.2) is 53.1 Å². The minimum Gasteiger partial charge on any atom is -0.356 e. The summed E-state index contributed by atoms with van der Waals surface area (Å²) in [6.07, 6.45) is 7.43. The van der Waals surface area contributed by atoms with Crippen LogP contribution in [0.4, 0.5) is 0 Å². The third kappa shape index (κ3) is 7.15. The Bertz CT molecular complexity index is 1030. The largest absolute Gasteiger partial charge is 0.356 e. The topological polar surface area (TPSA) is 87.5 Å². The average molecular weight is 465 g/mol. The molecule has 0 saturated carbocycles. The number of amides is 2. The Balaban J connectivity index is 1.63. The highest BCUT2D eigenvalue weighted by Crippen LogP contribution is 2.29. The molecule has 0 radical (unpaired) electrons. The van der Waals surface area contributed by atoms with Gasteiger partial charge < -0.3 is 20.1 Å². The minimum atomic E-state index is -0.114. The zero-order chi connectivity index (χ0) is 24.5. The van der Waals surface area contributed by atoms with E-state index >= 15 is 0 Å². The number of hydrogen-bond acceptors (Lipinski definition) is 5. The van der Waals surface area contributed by atoms with Gasteiger partial charge in [-0.15, -0.1) is 0 Å². The summed E-state index contributed by atoms with van der Waals surface area (Å²) in [5.41, 5.74) is 2.98. The highest BCUT2D eigenvalue weighted by molar-refractivity contribution is 5.95. The molecule has 2 aromatic rings. The maximum Gasteiger partial charge on any atom is 0.251 e. The highest BCUT2D eigenvalue weighted by Gasteiger charge is 2.18. The number of aromatic nitrogens is 1. The maximum atomic E-state index is 12.4. The van der Waals surface area contributed by atoms with Gasteiger partial charge >= 0.3 is 0 Å². The molecule has 34 heavy (non-hydrogen) atoms. The van der Waals surface area contributed by atoms with Crippen molar-refractivity contribution in [2.75, 3.05) is 26.2 Å². The molecule has 1 aromatic carbocycles. The van der Waals surface area contributed by atoms with Crippen molar-refractivity contribution in [2.24, 2.45) is 5.92 Å². The number of likely N-dealkylation sites (N-methyl/N-ethyl adjacent to an activating group) is 1. The van der Waals surface area contributed by atoms with Gasteiger partial charge in [0.05, 0.1) is 0 Å². The van der Waals surface area contributed by atoms with E-state index in [2.05, 4.69) is 46.7 Å². The van der Waals surface area contributed by atoms with Crippen molar-refractivity contribution < 1.29 is 14.1 Å². The molecule has 1 heterocycles. The van der Waals surface area contributed by atoms with Crippen LogP contribution < -0.4 is 10.6 Å². The van der Waals surface area contributed by atoms with Crippen LogP contribution in [0.5, 0.6) is 0 Å². The zero-order valence-corrected chi connectivity index (χ0v) is 20.6. The summed E-state index contributed by atoms with van der Waals surface area (Å²) in [5, 5.41) is 10.2. The molecule has 1 aliphatic rings. The molecule has 7 nitrogen and oxygen atoms in total. The first-order chi connectivity index (χ1) is 16.4. The molecule has 1 unspecified atom stereocenters. The van der Waals surface area contributed by atoms with Crippen LogP contribution in [-0.4, -0.2) is 54.1 Å². The smallest absolute Gasteiger partial charge is 0.251 e. The third-order valence-corrected chi connectivity index (χ3v) is 5.88. The Morgan fingerprint density at radius 2 is 2.00 bits per heavy atom. The zero-order valence-electron chi connectivity index (χ0n) is 20.6. The second-order valence-electron chi connectivity index (χ2n) is 8.89. The molecule has 2 amide bonds. The summed E-state index contributed by atoms with van der Waals surface area (Å²) in [7, 11) is 0. The number of hydrogen-bond donors (Lipinski definition) is 2. The number of benzene rings is 1. The Labute approximate surface area is 202 Å². The summed E-state index contributed by atoms with van der Waals surface area (Å²) in [4.78, 5) is 27.0. The molecule has 0 fully saturated rings. The van der Waals surface area contributed by atoms with Crippen molar-refractivity contribution in [1.29, 1.82) is 0 Å². The molecule has 3 rings (SSSR count). The van der Waals surface area contributed by atoms with Crippen molar-refractivity contribution in [3.8, 4) is 11.3 Å². The van der Waals surface area contributed by atoms with Gasteiger partial charge in [-0.1, -0.05) is 49.4 Å². The fraction of sp³-hybridized carbons (Fsp3) is 0.444. The van der Waals surface area contributed by atoms with Crippen molar-refractivity contribution in [1.82, 2.24) is 20.7 Å². The molecular weight excluding hydrogens is 428 g/mol. The second kappa shape index (κ2) is 12.3. The fourth-order valence-electron chi connectivity index (χ4n) is 3.97. The maximum absolute atomic E-state index is 12.4. The van der Waals surface area contributed by atoms with Crippen LogP contribution in [0.3, 0.4) is 0 Å². The quantitative estimate of drug-likeness (QED) is 0.518. The summed E-state index contributed by atoms with van der Waals surface area (Å²) in [6, 6.07) is 9.29. The third-order valence-electron chi connectivity index (χ3n) is 5.88. The lowest BCUT2D eigenvalue weighted by Gasteiger charge is -2.19. The average Bonchev–Trinajstić information content (AvgIpc) is 3.32. The number of rotatable bonds is 11. The van der Waals surface area contributed by atoms with Crippen LogP contribution in [-0.2, 0) is 4.79 Å². The molecule has 0 aliphatic heterocycles. The van der Waals surface area contributed by atoms with Gasteiger partial charge in [0.15, 0.2) is 5.76 Å². The van der Waals surface area contributed by atoms with Gasteiger partial charge in [-0.2, -0.15) is 0 Å². The first-order valence-corrected chi connectivity index (χ1v) is 12.1. The number of nitrogens with zero attached hydrogens (tertiary/aromatic N) is 2. The Morgan fingerprint density at radius 3 is 2.74 bits per heavy atom. The number of carbonyl (C=O) groups excluding carboxylic acids is 2. The predicted octanol–water partition coefficient (Wildman–Crippen LogP) is 4.29. The lowest BCUT2D eigenvalue weighted by molar-refractivity contribution is -0.121. The van der Waals surface area contributed by atoms with Crippen LogP contribution >= 0.6 is 0 Å². The molecule has 0 bridgehead atoms. The number of carbonyl (C=O) groups is 2. The first-order valence-electron chi connectivity index (χ1n) is 12.1. The lowest BCUT2D eigenvalue weighted by atomic mass is 9.92. The molecule has 0 saturated heterocycles. The molecule has 1 aliphatic carbocycles. The Kier molecular flexibility index (Phi) is 9.22. The highest BCUT2D eigenvalue weighted by atomic mass is 16.5. The summed E-state index contributed by atoms with van der Waals surface area (Å²) >= 11 is 0. The van der Waals surface area contributed by atoms with Crippen LogP contribution in [0, 0.1) is 5.92 Å².